The molecule has 0 radical (unpaired) electrons. The van der Waals surface area contributed by atoms with Gasteiger partial charge < -0.3 is 4.98 Å². The normalized spacial score (nSPS) is 22.3. The van der Waals surface area contributed by atoms with Crippen molar-refractivity contribution in [3.05, 3.63) is 11.3 Å². The van der Waals surface area contributed by atoms with Crippen LogP contribution in [0.5, 0.6) is 0 Å². The minimum Gasteiger partial charge on any atom is -0.333 e. The Bertz CT molecular complexity index is 300. The molecule has 1 aliphatic carbocycles. The van der Waals surface area contributed by atoms with E-state index in [0.29, 0.717) is 0 Å². The third-order valence-corrected chi connectivity index (χ3v) is 21.5. The van der Waals surface area contributed by atoms with Crippen molar-refractivity contribution in [2.24, 2.45) is 0 Å². The van der Waals surface area contributed by atoms with Crippen molar-refractivity contribution in [2.75, 3.05) is 0 Å². The van der Waals surface area contributed by atoms with Gasteiger partial charge in [0.25, 0.3) is 0 Å². The average molecular weight is 298 g/mol. The molecular formula is C16H35NSi2. The highest BCUT2D eigenvalue weighted by atomic mass is 29.3. The van der Waals surface area contributed by atoms with Gasteiger partial charge >= 0.3 is 0 Å². The van der Waals surface area contributed by atoms with Crippen molar-refractivity contribution in [1.82, 2.24) is 4.98 Å². The number of hydrogen-bond donors (Lipinski definition) is 1. The number of rotatable bonds is 6. The molecule has 0 aromatic carbocycles. The lowest BCUT2D eigenvalue weighted by Crippen LogP contribution is -2.70. The molecular weight excluding hydrogens is 262 g/mol. The van der Waals surface area contributed by atoms with Crippen LogP contribution in [0.15, 0.2) is 11.3 Å². The molecule has 112 valence electrons. The SMILES string of the molecule is C/C=C(\C)[Si](CCC)(NC1CCCCC1)[Si](C)(C)C. The molecule has 0 aromatic rings. The standard InChI is InChI=1S/C16H35NSi2/c1-7-14-19(15(3)8-2,18(4,5)6)17-16-12-10-9-11-13-16/h8,16-17H,7,9-14H2,1-6H3/b15-8+. The van der Waals surface area contributed by atoms with Gasteiger partial charge in [-0.05, 0) is 32.7 Å². The van der Waals surface area contributed by atoms with Gasteiger partial charge in [0, 0.05) is 6.04 Å². The molecule has 1 aliphatic rings. The summed E-state index contributed by atoms with van der Waals surface area (Å²) < 4.78 is 0. The Balaban J connectivity index is 3.00. The van der Waals surface area contributed by atoms with Gasteiger partial charge in [-0.25, -0.2) is 0 Å². The second-order valence-corrected chi connectivity index (χ2v) is 22.3. The monoisotopic (exact) mass is 297 g/mol. The maximum absolute atomic E-state index is 4.29. The Kier molecular flexibility index (Phi) is 6.54. The molecule has 1 rings (SSSR count). The molecule has 0 heterocycles. The van der Waals surface area contributed by atoms with Crippen molar-refractivity contribution in [2.45, 2.75) is 91.0 Å². The minimum atomic E-state index is -1.44. The topological polar surface area (TPSA) is 12.0 Å². The minimum absolute atomic E-state index is 0.814. The zero-order chi connectivity index (χ0) is 14.5. The number of hydrogen-bond acceptors (Lipinski definition) is 1. The highest BCUT2D eigenvalue weighted by molar-refractivity contribution is 7.42. The van der Waals surface area contributed by atoms with Crippen molar-refractivity contribution in [3.8, 4) is 0 Å². The summed E-state index contributed by atoms with van der Waals surface area (Å²) in [6, 6.07) is 2.25. The van der Waals surface area contributed by atoms with E-state index in [0.717, 1.165) is 6.04 Å². The lowest BCUT2D eigenvalue weighted by atomic mass is 9.96. The van der Waals surface area contributed by atoms with Crippen LogP contribution in [-0.2, 0) is 0 Å². The summed E-state index contributed by atoms with van der Waals surface area (Å²) >= 11 is 0. The van der Waals surface area contributed by atoms with Crippen molar-refractivity contribution in [3.63, 3.8) is 0 Å². The quantitative estimate of drug-likeness (QED) is 0.666. The third-order valence-electron chi connectivity index (χ3n) is 5.07. The first kappa shape index (κ1) is 17.2. The Hall–Kier alpha value is 0.134. The highest BCUT2D eigenvalue weighted by Gasteiger charge is 2.47. The fourth-order valence-electron chi connectivity index (χ4n) is 3.78. The lowest BCUT2D eigenvalue weighted by Gasteiger charge is -2.46. The molecule has 1 saturated carbocycles. The van der Waals surface area contributed by atoms with Crippen LogP contribution < -0.4 is 4.98 Å². The van der Waals surface area contributed by atoms with Crippen LogP contribution in [0, 0.1) is 0 Å². The molecule has 0 amide bonds. The van der Waals surface area contributed by atoms with Crippen LogP contribution in [0.25, 0.3) is 0 Å². The second-order valence-electron chi connectivity index (χ2n) is 7.36. The van der Waals surface area contributed by atoms with E-state index >= 15 is 0 Å². The molecule has 0 aromatic heterocycles. The summed E-state index contributed by atoms with van der Waals surface area (Å²) in [5.74, 6) is 0. The van der Waals surface area contributed by atoms with E-state index < -0.39 is 15.3 Å². The summed E-state index contributed by atoms with van der Waals surface area (Å²) in [6.07, 6.45) is 10.9. The molecule has 19 heavy (non-hydrogen) atoms. The predicted octanol–water partition coefficient (Wildman–Crippen LogP) is 5.19. The number of nitrogens with one attached hydrogen (secondary N) is 1. The van der Waals surface area contributed by atoms with Crippen molar-refractivity contribution in [1.29, 1.82) is 0 Å². The van der Waals surface area contributed by atoms with E-state index in [9.17, 15) is 0 Å². The third kappa shape index (κ3) is 4.05. The Morgan fingerprint density at radius 2 is 1.74 bits per heavy atom. The van der Waals surface area contributed by atoms with Crippen LogP contribution in [0.1, 0.15) is 59.3 Å². The van der Waals surface area contributed by atoms with Crippen LogP contribution >= 0.6 is 0 Å². The van der Waals surface area contributed by atoms with E-state index in [1.165, 1.54) is 44.6 Å². The van der Waals surface area contributed by atoms with Gasteiger partial charge in [0.05, 0.1) is 7.59 Å². The highest BCUT2D eigenvalue weighted by Crippen LogP contribution is 2.31. The zero-order valence-corrected chi connectivity index (χ0v) is 16.1. The van der Waals surface area contributed by atoms with Crippen LogP contribution in [-0.4, -0.2) is 21.4 Å². The Morgan fingerprint density at radius 3 is 2.16 bits per heavy atom. The summed E-state index contributed by atoms with van der Waals surface area (Å²) in [7, 11) is -2.60. The molecule has 1 N–H and O–H groups in total. The fourth-order valence-corrected chi connectivity index (χ4v) is 18.0. The second kappa shape index (κ2) is 7.23. The van der Waals surface area contributed by atoms with E-state index in [4.69, 9.17) is 0 Å². The summed E-state index contributed by atoms with van der Waals surface area (Å²) in [6.45, 7) is 14.8. The molecule has 0 aliphatic heterocycles. The van der Waals surface area contributed by atoms with Gasteiger partial charge in [-0.15, -0.1) is 0 Å². The smallest absolute Gasteiger partial charge is 0.141 e. The first-order chi connectivity index (χ1) is 8.87. The molecule has 0 saturated heterocycles. The van der Waals surface area contributed by atoms with Crippen LogP contribution in [0.3, 0.4) is 0 Å². The molecule has 3 heteroatoms. The van der Waals surface area contributed by atoms with Gasteiger partial charge in [0.2, 0.25) is 0 Å². The molecule has 1 atom stereocenters. The van der Waals surface area contributed by atoms with Gasteiger partial charge in [0.15, 0.2) is 0 Å². The Morgan fingerprint density at radius 1 is 1.16 bits per heavy atom. The van der Waals surface area contributed by atoms with Gasteiger partial charge in [-0.2, -0.15) is 0 Å². The number of allylic oxidation sites excluding steroid dienone is 2. The summed E-state index contributed by atoms with van der Waals surface area (Å²) in [5.41, 5.74) is 0. The summed E-state index contributed by atoms with van der Waals surface area (Å²) in [5, 5.41) is 1.72. The average Bonchev–Trinajstić information content (AvgIpc) is 2.37. The largest absolute Gasteiger partial charge is 0.333 e. The zero-order valence-electron chi connectivity index (χ0n) is 14.1. The maximum Gasteiger partial charge on any atom is 0.141 e. The fraction of sp³-hybridized carbons (Fsp3) is 0.875. The van der Waals surface area contributed by atoms with Gasteiger partial charge in [-0.1, -0.05) is 63.5 Å². The van der Waals surface area contributed by atoms with E-state index in [1.807, 2.05) is 0 Å². The van der Waals surface area contributed by atoms with Gasteiger partial charge in [-0.3, -0.25) is 0 Å². The molecule has 1 fully saturated rings. The Labute approximate surface area is 123 Å². The van der Waals surface area contributed by atoms with Crippen LogP contribution in [0.4, 0.5) is 0 Å². The van der Waals surface area contributed by atoms with Gasteiger partial charge in [0.1, 0.15) is 7.75 Å². The lowest BCUT2D eigenvalue weighted by molar-refractivity contribution is 0.415. The van der Waals surface area contributed by atoms with E-state index in [2.05, 4.69) is 51.5 Å². The maximum atomic E-state index is 4.29. The first-order valence-corrected chi connectivity index (χ1v) is 15.0. The first-order valence-electron chi connectivity index (χ1n) is 8.28. The van der Waals surface area contributed by atoms with Crippen LogP contribution in [0.2, 0.25) is 25.7 Å². The molecule has 0 spiro atoms. The van der Waals surface area contributed by atoms with E-state index in [1.54, 1.807) is 5.20 Å². The molecule has 1 nitrogen and oxygen atoms in total. The van der Waals surface area contributed by atoms with Crippen molar-refractivity contribution >= 4 is 15.3 Å². The summed E-state index contributed by atoms with van der Waals surface area (Å²) in [4.78, 5) is 4.29. The molecule has 0 bridgehead atoms. The van der Waals surface area contributed by atoms with E-state index in [-0.39, 0.29) is 0 Å². The predicted molar refractivity (Wildman–Crippen MR) is 93.6 cm³/mol. The molecule has 1 unspecified atom stereocenters. The van der Waals surface area contributed by atoms with Crippen molar-refractivity contribution < 1.29 is 0 Å².